The van der Waals surface area contributed by atoms with Gasteiger partial charge in [0.2, 0.25) is 0 Å². The Bertz CT molecular complexity index is 1890. The van der Waals surface area contributed by atoms with E-state index in [1.165, 1.54) is 231 Å². The molecule has 3 unspecified atom stereocenters. The minimum Gasteiger partial charge on any atom is -0.462 e. The molecule has 0 aromatic heterocycles. The lowest BCUT2D eigenvalue weighted by atomic mass is 9.99. The molecule has 582 valence electrons. The number of aliphatic hydroxyl groups excluding tert-OH is 1. The van der Waals surface area contributed by atoms with Crippen LogP contribution < -0.4 is 0 Å². The van der Waals surface area contributed by atoms with Gasteiger partial charge in [-0.15, -0.1) is 0 Å². The van der Waals surface area contributed by atoms with Crippen LogP contribution in [-0.2, 0) is 65.4 Å². The molecule has 0 fully saturated rings. The maximum atomic E-state index is 13.1. The molecule has 0 aliphatic carbocycles. The lowest BCUT2D eigenvalue weighted by Gasteiger charge is -2.21. The van der Waals surface area contributed by atoms with Gasteiger partial charge in [0, 0.05) is 25.7 Å². The number of hydrogen-bond donors (Lipinski definition) is 3. The molecular formula is C79H154O17P2. The largest absolute Gasteiger partial charge is 0.472 e. The molecule has 0 saturated heterocycles. The van der Waals surface area contributed by atoms with E-state index < -0.39 is 97.5 Å². The lowest BCUT2D eigenvalue weighted by molar-refractivity contribution is -0.161. The van der Waals surface area contributed by atoms with Crippen molar-refractivity contribution in [1.82, 2.24) is 0 Å². The number of ether oxygens (including phenoxy) is 4. The minimum absolute atomic E-state index is 0.105. The zero-order chi connectivity index (χ0) is 72.1. The molecule has 0 aromatic carbocycles. The Morgan fingerprint density at radius 3 is 0.776 bits per heavy atom. The van der Waals surface area contributed by atoms with Crippen molar-refractivity contribution in [3.63, 3.8) is 0 Å². The molecule has 6 atom stereocenters. The van der Waals surface area contributed by atoms with E-state index in [0.717, 1.165) is 102 Å². The van der Waals surface area contributed by atoms with Crippen LogP contribution in [0.3, 0.4) is 0 Å². The van der Waals surface area contributed by atoms with E-state index >= 15 is 0 Å². The van der Waals surface area contributed by atoms with Crippen LogP contribution >= 0.6 is 15.6 Å². The van der Waals surface area contributed by atoms with Crippen molar-refractivity contribution in [2.45, 2.75) is 432 Å². The van der Waals surface area contributed by atoms with Gasteiger partial charge in [-0.2, -0.15) is 0 Å². The predicted molar refractivity (Wildman–Crippen MR) is 400 cm³/mol. The summed E-state index contributed by atoms with van der Waals surface area (Å²) in [4.78, 5) is 72.9. The van der Waals surface area contributed by atoms with E-state index in [2.05, 4.69) is 41.5 Å². The topological polar surface area (TPSA) is 237 Å². The summed E-state index contributed by atoms with van der Waals surface area (Å²) in [5.41, 5.74) is 0. The molecule has 17 nitrogen and oxygen atoms in total. The molecule has 0 radical (unpaired) electrons. The van der Waals surface area contributed by atoms with Gasteiger partial charge in [0.1, 0.15) is 19.3 Å². The molecule has 0 aromatic rings. The van der Waals surface area contributed by atoms with Crippen molar-refractivity contribution in [3.8, 4) is 0 Å². The third-order valence-electron chi connectivity index (χ3n) is 18.8. The SMILES string of the molecule is CCCCCCCCCCCCCCCCCCCCCC(=O)O[C@H](COC(=O)CCCCCCCCCCCCCCCCC(C)C)COP(=O)(O)OC[C@@H](O)COP(=O)(O)OC[C@@H](COC(=O)CCCCCCCCCCCC)OC(=O)CCCCCCCCCCC(C)CC. The molecular weight excluding hydrogens is 1280 g/mol. The molecule has 0 heterocycles. The highest BCUT2D eigenvalue weighted by atomic mass is 31.2. The number of phosphoric acid groups is 2. The molecule has 19 heteroatoms. The fourth-order valence-electron chi connectivity index (χ4n) is 12.2. The van der Waals surface area contributed by atoms with Crippen LogP contribution in [0.5, 0.6) is 0 Å². The maximum absolute atomic E-state index is 13.1. The first-order valence-corrected chi connectivity index (χ1v) is 44.0. The molecule has 0 spiro atoms. The van der Waals surface area contributed by atoms with Gasteiger partial charge in [0.15, 0.2) is 12.2 Å². The summed E-state index contributed by atoms with van der Waals surface area (Å²) in [7, 11) is -9.91. The molecule has 0 saturated carbocycles. The maximum Gasteiger partial charge on any atom is 0.472 e. The van der Waals surface area contributed by atoms with Gasteiger partial charge in [0.25, 0.3) is 0 Å². The van der Waals surface area contributed by atoms with Crippen LogP contribution in [0.2, 0.25) is 0 Å². The highest BCUT2D eigenvalue weighted by Gasteiger charge is 2.30. The number of phosphoric ester groups is 2. The van der Waals surface area contributed by atoms with E-state index in [9.17, 15) is 43.2 Å². The molecule has 0 bridgehead atoms. The smallest absolute Gasteiger partial charge is 0.462 e. The summed E-state index contributed by atoms with van der Waals surface area (Å²) < 4.78 is 68.6. The van der Waals surface area contributed by atoms with E-state index in [1.807, 2.05) is 0 Å². The third kappa shape index (κ3) is 71.1. The number of aliphatic hydroxyl groups is 1. The van der Waals surface area contributed by atoms with Gasteiger partial charge >= 0.3 is 39.5 Å². The second-order valence-corrected chi connectivity index (χ2v) is 32.1. The summed E-state index contributed by atoms with van der Waals surface area (Å²) in [5, 5.41) is 10.6. The first-order valence-electron chi connectivity index (χ1n) is 41.0. The van der Waals surface area contributed by atoms with Crippen LogP contribution in [0.4, 0.5) is 0 Å². The minimum atomic E-state index is -4.96. The third-order valence-corrected chi connectivity index (χ3v) is 20.7. The average molecular weight is 1440 g/mol. The van der Waals surface area contributed by atoms with Crippen molar-refractivity contribution in [2.75, 3.05) is 39.6 Å². The van der Waals surface area contributed by atoms with E-state index in [4.69, 9.17) is 37.0 Å². The fourth-order valence-corrected chi connectivity index (χ4v) is 13.7. The molecule has 0 aliphatic rings. The lowest BCUT2D eigenvalue weighted by Crippen LogP contribution is -2.30. The van der Waals surface area contributed by atoms with Crippen LogP contribution in [0.25, 0.3) is 0 Å². The average Bonchev–Trinajstić information content (AvgIpc) is 0.990. The monoisotopic (exact) mass is 1440 g/mol. The summed E-state index contributed by atoms with van der Waals surface area (Å²) in [6.07, 6.45) is 59.6. The van der Waals surface area contributed by atoms with Crippen molar-refractivity contribution < 1.29 is 80.2 Å². The number of unbranched alkanes of at least 4 members (excludes halogenated alkanes) is 47. The van der Waals surface area contributed by atoms with Crippen molar-refractivity contribution in [2.24, 2.45) is 11.8 Å². The predicted octanol–water partition coefficient (Wildman–Crippen LogP) is 23.5. The van der Waals surface area contributed by atoms with Gasteiger partial charge in [-0.05, 0) is 37.5 Å². The summed E-state index contributed by atoms with van der Waals surface area (Å²) >= 11 is 0. The van der Waals surface area contributed by atoms with Crippen LogP contribution in [0.15, 0.2) is 0 Å². The van der Waals surface area contributed by atoms with E-state index in [0.29, 0.717) is 25.7 Å². The van der Waals surface area contributed by atoms with Crippen molar-refractivity contribution >= 4 is 39.5 Å². The van der Waals surface area contributed by atoms with Crippen LogP contribution in [-0.4, -0.2) is 96.7 Å². The number of carbonyl (C=O) groups is 4. The Balaban J connectivity index is 5.23. The fraction of sp³-hybridized carbons (Fsp3) is 0.949. The Morgan fingerprint density at radius 2 is 0.520 bits per heavy atom. The van der Waals surface area contributed by atoms with Crippen LogP contribution in [0.1, 0.15) is 414 Å². The normalized spacial score (nSPS) is 14.2. The van der Waals surface area contributed by atoms with Crippen molar-refractivity contribution in [3.05, 3.63) is 0 Å². The number of carbonyl (C=O) groups excluding carboxylic acids is 4. The summed E-state index contributed by atoms with van der Waals surface area (Å²) in [6, 6.07) is 0. The zero-order valence-electron chi connectivity index (χ0n) is 64.1. The van der Waals surface area contributed by atoms with E-state index in [-0.39, 0.29) is 25.7 Å². The number of rotatable bonds is 78. The Morgan fingerprint density at radius 1 is 0.296 bits per heavy atom. The second kappa shape index (κ2) is 70.7. The standard InChI is InChI=1S/C79H154O17P2/c1-7-10-12-14-16-18-20-21-22-23-24-25-26-31-34-38-45-51-57-63-78(83)95-74(67-90-77(82)62-56-50-44-37-33-30-28-27-29-32-35-41-47-53-59-71(4)5)69-93-97(85,86)91-65-73(80)66-92-98(87,88)94-70-75(68-89-76(81)61-55-49-43-36-19-17-15-13-11-8-2)96-79(84)64-58-52-46-40-39-42-48-54-60-72(6)9-3/h71-75,80H,7-70H2,1-6H3,(H,85,86)(H,87,88)/t72?,73-,74-,75-/m1/s1. The van der Waals surface area contributed by atoms with E-state index in [1.54, 1.807) is 0 Å². The van der Waals surface area contributed by atoms with Gasteiger partial charge in [-0.3, -0.25) is 37.3 Å². The van der Waals surface area contributed by atoms with Crippen molar-refractivity contribution in [1.29, 1.82) is 0 Å². The quantitative estimate of drug-likeness (QED) is 0.0222. The number of esters is 4. The van der Waals surface area contributed by atoms with Gasteiger partial charge in [0.05, 0.1) is 26.4 Å². The first kappa shape index (κ1) is 96.1. The highest BCUT2D eigenvalue weighted by Crippen LogP contribution is 2.45. The Labute approximate surface area is 600 Å². The van der Waals surface area contributed by atoms with Gasteiger partial charge < -0.3 is 33.8 Å². The molecule has 0 aliphatic heterocycles. The van der Waals surface area contributed by atoms with Gasteiger partial charge in [-0.1, -0.05) is 363 Å². The van der Waals surface area contributed by atoms with Crippen LogP contribution in [0, 0.1) is 11.8 Å². The zero-order valence-corrected chi connectivity index (χ0v) is 65.9. The Kier molecular flexibility index (Phi) is 69.3. The first-order chi connectivity index (χ1) is 47.4. The number of hydrogen-bond acceptors (Lipinski definition) is 15. The van der Waals surface area contributed by atoms with Gasteiger partial charge in [-0.25, -0.2) is 9.13 Å². The Hall–Kier alpha value is -1.94. The molecule has 0 amide bonds. The summed E-state index contributed by atoms with van der Waals surface area (Å²) in [5.74, 6) is -0.544. The molecule has 0 rings (SSSR count). The summed E-state index contributed by atoms with van der Waals surface area (Å²) in [6.45, 7) is 9.63. The molecule has 3 N–H and O–H groups in total. The second-order valence-electron chi connectivity index (χ2n) is 29.2. The molecule has 98 heavy (non-hydrogen) atoms. The highest BCUT2D eigenvalue weighted by molar-refractivity contribution is 7.47.